The Labute approximate surface area is 199 Å². The fourth-order valence-electron chi connectivity index (χ4n) is 3.31. The highest BCUT2D eigenvalue weighted by molar-refractivity contribution is 9.10. The van der Waals surface area contributed by atoms with Crippen molar-refractivity contribution in [1.82, 2.24) is 10.2 Å². The van der Waals surface area contributed by atoms with Crippen molar-refractivity contribution in [2.45, 2.75) is 58.7 Å². The lowest BCUT2D eigenvalue weighted by molar-refractivity contribution is -0.140. The van der Waals surface area contributed by atoms with E-state index in [2.05, 4.69) is 21.2 Å². The molecule has 7 heteroatoms. The van der Waals surface area contributed by atoms with Crippen LogP contribution in [-0.2, 0) is 22.6 Å². The van der Waals surface area contributed by atoms with Gasteiger partial charge in [-0.1, -0.05) is 41.1 Å². The molecule has 2 rings (SSSR count). The number of amides is 2. The van der Waals surface area contributed by atoms with Crippen LogP contribution in [0.3, 0.4) is 0 Å². The van der Waals surface area contributed by atoms with Gasteiger partial charge in [-0.2, -0.15) is 0 Å². The largest absolute Gasteiger partial charge is 0.493 e. The number of aryl methyl sites for hydroxylation is 1. The molecular weight excluding hydrogens is 472 g/mol. The van der Waals surface area contributed by atoms with Gasteiger partial charge in [-0.3, -0.25) is 9.59 Å². The fourth-order valence-corrected chi connectivity index (χ4v) is 3.76. The van der Waals surface area contributed by atoms with Crippen molar-refractivity contribution in [3.8, 4) is 11.5 Å². The first kappa shape index (κ1) is 25.7. The lowest BCUT2D eigenvalue weighted by Crippen LogP contribution is -2.49. The molecule has 2 amide bonds. The van der Waals surface area contributed by atoms with Crippen molar-refractivity contribution in [2.24, 2.45) is 0 Å². The Morgan fingerprint density at radius 2 is 1.75 bits per heavy atom. The highest BCUT2D eigenvalue weighted by atomic mass is 79.9. The molecule has 0 aliphatic heterocycles. The average molecular weight is 505 g/mol. The Morgan fingerprint density at radius 3 is 2.38 bits per heavy atom. The van der Waals surface area contributed by atoms with Gasteiger partial charge in [-0.05, 0) is 62.1 Å². The lowest BCUT2D eigenvalue weighted by Gasteiger charge is -2.30. The number of nitrogens with zero attached hydrogens (tertiary/aromatic N) is 1. The number of rotatable bonds is 11. The Bertz CT molecular complexity index is 919. The molecule has 0 aliphatic rings. The second-order valence-electron chi connectivity index (χ2n) is 7.83. The minimum atomic E-state index is -0.583. The zero-order valence-corrected chi connectivity index (χ0v) is 21.1. The van der Waals surface area contributed by atoms with Crippen LogP contribution >= 0.6 is 15.9 Å². The first-order valence-corrected chi connectivity index (χ1v) is 11.6. The Kier molecular flexibility index (Phi) is 10.0. The molecule has 1 N–H and O–H groups in total. The number of methoxy groups -OCH3 is 2. The molecule has 0 spiro atoms. The highest BCUT2D eigenvalue weighted by Gasteiger charge is 2.26. The lowest BCUT2D eigenvalue weighted by atomic mass is 10.1. The molecule has 0 saturated carbocycles. The summed E-state index contributed by atoms with van der Waals surface area (Å²) in [6, 6.07) is 12.9. The number of halogens is 1. The van der Waals surface area contributed by atoms with Gasteiger partial charge in [0.2, 0.25) is 11.8 Å². The summed E-state index contributed by atoms with van der Waals surface area (Å²) in [5, 5.41) is 2.99. The summed E-state index contributed by atoms with van der Waals surface area (Å²) in [4.78, 5) is 27.7. The normalized spacial score (nSPS) is 12.6. The van der Waals surface area contributed by atoms with E-state index in [4.69, 9.17) is 9.47 Å². The van der Waals surface area contributed by atoms with Crippen LogP contribution in [0.5, 0.6) is 11.5 Å². The van der Waals surface area contributed by atoms with E-state index in [1.54, 1.807) is 26.0 Å². The molecule has 0 bridgehead atoms. The number of ether oxygens (including phenoxy) is 2. The number of hydrogen-bond acceptors (Lipinski definition) is 4. The number of hydrogen-bond donors (Lipinski definition) is 1. The molecular formula is C25H33BrN2O4. The zero-order chi connectivity index (χ0) is 23.7. The van der Waals surface area contributed by atoms with Crippen molar-refractivity contribution >= 4 is 27.7 Å². The van der Waals surface area contributed by atoms with Gasteiger partial charge in [-0.25, -0.2) is 0 Å². The summed E-state index contributed by atoms with van der Waals surface area (Å²) in [5.74, 6) is 1.05. The van der Waals surface area contributed by atoms with Crippen molar-refractivity contribution in [1.29, 1.82) is 0 Å². The Hall–Kier alpha value is -2.54. The first-order valence-electron chi connectivity index (χ1n) is 10.8. The minimum absolute atomic E-state index is 0.0551. The standard InChI is InChI=1S/C25H33BrN2O4/c1-6-17(2)27-25(30)18(3)28(16-20-8-7-9-21(26)14-20)24(29)13-11-19-10-12-22(31-4)23(15-19)32-5/h7-10,12,14-15,17-18H,6,11,13,16H2,1-5H3,(H,27,30)/t17-,18-/m0/s1. The number of benzene rings is 2. The molecule has 2 aromatic carbocycles. The molecule has 32 heavy (non-hydrogen) atoms. The second-order valence-corrected chi connectivity index (χ2v) is 8.75. The summed E-state index contributed by atoms with van der Waals surface area (Å²) in [7, 11) is 3.18. The van der Waals surface area contributed by atoms with Crippen molar-refractivity contribution in [3.63, 3.8) is 0 Å². The molecule has 0 aromatic heterocycles. The zero-order valence-electron chi connectivity index (χ0n) is 19.5. The predicted octanol–water partition coefficient (Wildman–Crippen LogP) is 4.73. The third-order valence-electron chi connectivity index (χ3n) is 5.49. The van der Waals surface area contributed by atoms with E-state index in [1.807, 2.05) is 56.3 Å². The molecule has 0 radical (unpaired) electrons. The average Bonchev–Trinajstić information content (AvgIpc) is 2.80. The van der Waals surface area contributed by atoms with E-state index in [9.17, 15) is 9.59 Å². The molecule has 0 saturated heterocycles. The fraction of sp³-hybridized carbons (Fsp3) is 0.440. The summed E-state index contributed by atoms with van der Waals surface area (Å²) >= 11 is 3.48. The van der Waals surface area contributed by atoms with E-state index < -0.39 is 6.04 Å². The van der Waals surface area contributed by atoms with E-state index in [0.29, 0.717) is 24.5 Å². The maximum atomic E-state index is 13.3. The van der Waals surface area contributed by atoms with Gasteiger partial charge < -0.3 is 19.7 Å². The van der Waals surface area contributed by atoms with E-state index in [0.717, 1.165) is 22.0 Å². The van der Waals surface area contributed by atoms with Gasteiger partial charge in [0.15, 0.2) is 11.5 Å². The van der Waals surface area contributed by atoms with E-state index in [-0.39, 0.29) is 24.3 Å². The van der Waals surface area contributed by atoms with Crippen molar-refractivity contribution in [3.05, 3.63) is 58.1 Å². The van der Waals surface area contributed by atoms with E-state index in [1.165, 1.54) is 0 Å². The molecule has 0 unspecified atom stereocenters. The first-order chi connectivity index (χ1) is 15.3. The topological polar surface area (TPSA) is 67.9 Å². The predicted molar refractivity (Wildman–Crippen MR) is 130 cm³/mol. The van der Waals surface area contributed by atoms with Crippen LogP contribution < -0.4 is 14.8 Å². The smallest absolute Gasteiger partial charge is 0.242 e. The SMILES string of the molecule is CC[C@H](C)NC(=O)[C@H](C)N(Cc1cccc(Br)c1)C(=O)CCc1ccc(OC)c(OC)c1. The molecule has 2 aromatic rings. The summed E-state index contributed by atoms with van der Waals surface area (Å²) in [6.45, 7) is 6.12. The number of carbonyl (C=O) groups is 2. The van der Waals surface area contributed by atoms with Crippen LogP contribution in [0.15, 0.2) is 46.9 Å². The van der Waals surface area contributed by atoms with Crippen molar-refractivity contribution in [2.75, 3.05) is 14.2 Å². The molecule has 0 fully saturated rings. The molecule has 2 atom stereocenters. The summed E-state index contributed by atoms with van der Waals surface area (Å²) in [6.07, 6.45) is 1.65. The van der Waals surface area contributed by atoms with Gasteiger partial charge in [0.05, 0.1) is 14.2 Å². The third kappa shape index (κ3) is 7.26. The van der Waals surface area contributed by atoms with Gasteiger partial charge in [0.1, 0.15) is 6.04 Å². The number of nitrogens with one attached hydrogen (secondary N) is 1. The molecule has 174 valence electrons. The highest BCUT2D eigenvalue weighted by Crippen LogP contribution is 2.28. The van der Waals surface area contributed by atoms with Gasteiger partial charge in [0, 0.05) is 23.5 Å². The Morgan fingerprint density at radius 1 is 1.03 bits per heavy atom. The van der Waals surface area contributed by atoms with Crippen LogP contribution in [0.4, 0.5) is 0 Å². The van der Waals surface area contributed by atoms with E-state index >= 15 is 0 Å². The quantitative estimate of drug-likeness (QED) is 0.480. The maximum Gasteiger partial charge on any atom is 0.242 e. The number of carbonyl (C=O) groups excluding carboxylic acids is 2. The summed E-state index contributed by atoms with van der Waals surface area (Å²) < 4.78 is 11.6. The van der Waals surface area contributed by atoms with Crippen LogP contribution in [-0.4, -0.2) is 43.0 Å². The Balaban J connectivity index is 2.18. The van der Waals surface area contributed by atoms with Gasteiger partial charge >= 0.3 is 0 Å². The van der Waals surface area contributed by atoms with Crippen LogP contribution in [0.1, 0.15) is 44.7 Å². The van der Waals surface area contributed by atoms with Crippen LogP contribution in [0.25, 0.3) is 0 Å². The maximum absolute atomic E-state index is 13.3. The summed E-state index contributed by atoms with van der Waals surface area (Å²) in [5.41, 5.74) is 1.93. The van der Waals surface area contributed by atoms with Crippen LogP contribution in [0, 0.1) is 0 Å². The minimum Gasteiger partial charge on any atom is -0.493 e. The third-order valence-corrected chi connectivity index (χ3v) is 5.98. The van der Waals surface area contributed by atoms with Crippen LogP contribution in [0.2, 0.25) is 0 Å². The van der Waals surface area contributed by atoms with Crippen molar-refractivity contribution < 1.29 is 19.1 Å². The van der Waals surface area contributed by atoms with Gasteiger partial charge in [-0.15, -0.1) is 0 Å². The molecule has 6 nitrogen and oxygen atoms in total. The second kappa shape index (κ2) is 12.5. The monoisotopic (exact) mass is 504 g/mol. The van der Waals surface area contributed by atoms with Gasteiger partial charge in [0.25, 0.3) is 0 Å². The molecule has 0 aliphatic carbocycles. The molecule has 0 heterocycles.